The highest BCUT2D eigenvalue weighted by molar-refractivity contribution is 8.11. The van der Waals surface area contributed by atoms with Crippen LogP contribution in [0.3, 0.4) is 0 Å². The minimum Gasteiger partial charge on any atom is -0.314 e. The number of anilines is 1. The first kappa shape index (κ1) is 9.51. The van der Waals surface area contributed by atoms with Crippen LogP contribution < -0.4 is 10.6 Å². The molecule has 2 N–H and O–H groups in total. The molecule has 0 radical (unpaired) electrons. The number of nitrogens with zero attached hydrogens (tertiary/aromatic N) is 1. The Bertz CT molecular complexity index is 261. The molecule has 0 heterocycles. The van der Waals surface area contributed by atoms with Crippen molar-refractivity contribution in [2.24, 2.45) is 5.73 Å². The van der Waals surface area contributed by atoms with E-state index in [1.54, 1.807) is 4.90 Å². The average Bonchev–Trinajstić information content (AvgIpc) is 2.07. The first-order valence-electron chi connectivity index (χ1n) is 3.51. The minimum atomic E-state index is 0.354. The number of thiocarbonyl (C=S) groups is 1. The van der Waals surface area contributed by atoms with Gasteiger partial charge in [-0.25, -0.2) is 0 Å². The summed E-state index contributed by atoms with van der Waals surface area (Å²) < 4.78 is 0.490. The number of hydrogen-bond acceptors (Lipinski definition) is 2. The highest BCUT2D eigenvalue weighted by atomic mass is 32.1. The first-order chi connectivity index (χ1) is 5.75. The van der Waals surface area contributed by atoms with E-state index in [-0.39, 0.29) is 0 Å². The summed E-state index contributed by atoms with van der Waals surface area (Å²) in [6, 6.07) is 9.69. The molecule has 0 unspecified atom stereocenters. The van der Waals surface area contributed by atoms with E-state index in [1.807, 2.05) is 30.3 Å². The zero-order valence-electron chi connectivity index (χ0n) is 6.47. The molecular weight excluding hydrogens is 188 g/mol. The molecule has 0 saturated heterocycles. The zero-order chi connectivity index (χ0) is 8.97. The van der Waals surface area contributed by atoms with Crippen LogP contribution in [-0.4, -0.2) is 11.0 Å². The minimum absolute atomic E-state index is 0.354. The SMILES string of the molecule is NCN(C(=S)S)c1ccccc1. The largest absolute Gasteiger partial charge is 0.314 e. The molecule has 0 aliphatic heterocycles. The molecule has 0 aliphatic rings. The van der Waals surface area contributed by atoms with Gasteiger partial charge in [0.2, 0.25) is 0 Å². The summed E-state index contributed by atoms with van der Waals surface area (Å²) in [5, 5.41) is 0. The van der Waals surface area contributed by atoms with Crippen LogP contribution in [-0.2, 0) is 0 Å². The summed E-state index contributed by atoms with van der Waals surface area (Å²) in [7, 11) is 0. The number of nitrogens with two attached hydrogens (primary N) is 1. The van der Waals surface area contributed by atoms with E-state index in [2.05, 4.69) is 12.6 Å². The van der Waals surface area contributed by atoms with Gasteiger partial charge in [0.1, 0.15) is 4.32 Å². The number of hydrogen-bond donors (Lipinski definition) is 2. The molecule has 0 atom stereocenters. The van der Waals surface area contributed by atoms with Crippen LogP contribution in [0.2, 0.25) is 0 Å². The second kappa shape index (κ2) is 4.45. The highest BCUT2D eigenvalue weighted by Crippen LogP contribution is 2.13. The topological polar surface area (TPSA) is 29.3 Å². The van der Waals surface area contributed by atoms with Crippen LogP contribution in [0.25, 0.3) is 0 Å². The smallest absolute Gasteiger partial charge is 0.138 e. The molecule has 1 aromatic rings. The molecule has 0 fully saturated rings. The fourth-order valence-electron chi connectivity index (χ4n) is 0.902. The summed E-state index contributed by atoms with van der Waals surface area (Å²) in [6.45, 7) is 0.354. The maximum Gasteiger partial charge on any atom is 0.138 e. The van der Waals surface area contributed by atoms with E-state index in [0.717, 1.165) is 5.69 Å². The third-order valence-electron chi connectivity index (χ3n) is 1.48. The van der Waals surface area contributed by atoms with Crippen molar-refractivity contribution in [3.63, 3.8) is 0 Å². The Hall–Kier alpha value is -0.580. The molecule has 0 amide bonds. The summed E-state index contributed by atoms with van der Waals surface area (Å²) >= 11 is 8.97. The van der Waals surface area contributed by atoms with Gasteiger partial charge in [0.15, 0.2) is 0 Å². The van der Waals surface area contributed by atoms with Crippen LogP contribution in [0.5, 0.6) is 0 Å². The summed E-state index contributed by atoms with van der Waals surface area (Å²) in [6.07, 6.45) is 0. The maximum absolute atomic E-state index is 5.50. The second-order valence-electron chi connectivity index (χ2n) is 2.23. The van der Waals surface area contributed by atoms with E-state index in [9.17, 15) is 0 Å². The summed E-state index contributed by atoms with van der Waals surface area (Å²) in [5.41, 5.74) is 6.47. The molecule has 0 bridgehead atoms. The molecule has 1 aromatic carbocycles. The van der Waals surface area contributed by atoms with Crippen LogP contribution in [0.4, 0.5) is 5.69 Å². The van der Waals surface area contributed by atoms with Gasteiger partial charge < -0.3 is 10.6 Å². The van der Waals surface area contributed by atoms with Crippen molar-refractivity contribution in [1.82, 2.24) is 0 Å². The van der Waals surface area contributed by atoms with E-state index < -0.39 is 0 Å². The molecular formula is C8H10N2S2. The van der Waals surface area contributed by atoms with Gasteiger partial charge >= 0.3 is 0 Å². The Labute approximate surface area is 82.8 Å². The van der Waals surface area contributed by atoms with Crippen molar-refractivity contribution >= 4 is 34.9 Å². The van der Waals surface area contributed by atoms with Crippen LogP contribution >= 0.6 is 24.8 Å². The molecule has 1 rings (SSSR count). The van der Waals surface area contributed by atoms with Gasteiger partial charge in [-0.05, 0) is 12.1 Å². The Balaban J connectivity index is 2.88. The van der Waals surface area contributed by atoms with E-state index >= 15 is 0 Å². The lowest BCUT2D eigenvalue weighted by atomic mass is 10.3. The standard InChI is InChI=1S/C8H10N2S2/c9-6-10(8(11)12)7-4-2-1-3-5-7/h1-5H,6,9H2,(H,11,12). The first-order valence-corrected chi connectivity index (χ1v) is 4.37. The van der Waals surface area contributed by atoms with Crippen LogP contribution in [0.15, 0.2) is 30.3 Å². The van der Waals surface area contributed by atoms with Crippen LogP contribution in [0, 0.1) is 0 Å². The van der Waals surface area contributed by atoms with Gasteiger partial charge in [0.25, 0.3) is 0 Å². The Kier molecular flexibility index (Phi) is 3.52. The quantitative estimate of drug-likeness (QED) is 0.430. The van der Waals surface area contributed by atoms with Crippen molar-refractivity contribution in [2.45, 2.75) is 0 Å². The zero-order valence-corrected chi connectivity index (χ0v) is 8.18. The molecule has 4 heteroatoms. The van der Waals surface area contributed by atoms with Crippen molar-refractivity contribution in [1.29, 1.82) is 0 Å². The van der Waals surface area contributed by atoms with Crippen molar-refractivity contribution in [2.75, 3.05) is 11.6 Å². The van der Waals surface area contributed by atoms with Gasteiger partial charge in [0, 0.05) is 5.69 Å². The highest BCUT2D eigenvalue weighted by Gasteiger charge is 2.04. The van der Waals surface area contributed by atoms with Gasteiger partial charge in [-0.3, -0.25) is 0 Å². The lowest BCUT2D eigenvalue weighted by molar-refractivity contribution is 1.03. The molecule has 0 saturated carbocycles. The lowest BCUT2D eigenvalue weighted by Crippen LogP contribution is -2.31. The van der Waals surface area contributed by atoms with Crippen molar-refractivity contribution in [3.8, 4) is 0 Å². The predicted octanol–water partition coefficient (Wildman–Crippen LogP) is 1.62. The molecule has 0 spiro atoms. The number of para-hydroxylation sites is 1. The maximum atomic E-state index is 5.50. The molecule has 0 aromatic heterocycles. The molecule has 2 nitrogen and oxygen atoms in total. The van der Waals surface area contributed by atoms with Gasteiger partial charge in [-0.2, -0.15) is 0 Å². The summed E-state index contributed by atoms with van der Waals surface area (Å²) in [4.78, 5) is 1.75. The Morgan fingerprint density at radius 2 is 2.00 bits per heavy atom. The third-order valence-corrected chi connectivity index (χ3v) is 1.94. The second-order valence-corrected chi connectivity index (χ2v) is 3.34. The van der Waals surface area contributed by atoms with E-state index in [1.165, 1.54) is 0 Å². The molecule has 12 heavy (non-hydrogen) atoms. The normalized spacial score (nSPS) is 9.50. The Morgan fingerprint density at radius 3 is 2.42 bits per heavy atom. The predicted molar refractivity (Wildman–Crippen MR) is 59.6 cm³/mol. The Morgan fingerprint density at radius 1 is 1.42 bits per heavy atom. The monoisotopic (exact) mass is 198 g/mol. The van der Waals surface area contributed by atoms with E-state index in [0.29, 0.717) is 11.0 Å². The van der Waals surface area contributed by atoms with Gasteiger partial charge in [0.05, 0.1) is 6.67 Å². The van der Waals surface area contributed by atoms with Crippen LogP contribution in [0.1, 0.15) is 0 Å². The number of benzene rings is 1. The van der Waals surface area contributed by atoms with Crippen molar-refractivity contribution < 1.29 is 0 Å². The molecule has 0 aliphatic carbocycles. The fraction of sp³-hybridized carbons (Fsp3) is 0.125. The average molecular weight is 198 g/mol. The van der Waals surface area contributed by atoms with Gasteiger partial charge in [-0.15, -0.1) is 12.6 Å². The van der Waals surface area contributed by atoms with Crippen molar-refractivity contribution in [3.05, 3.63) is 30.3 Å². The van der Waals surface area contributed by atoms with Gasteiger partial charge in [-0.1, -0.05) is 30.4 Å². The summed E-state index contributed by atoms with van der Waals surface area (Å²) in [5.74, 6) is 0. The lowest BCUT2D eigenvalue weighted by Gasteiger charge is -2.19. The third kappa shape index (κ3) is 2.20. The number of thiol groups is 1. The number of rotatable bonds is 2. The van der Waals surface area contributed by atoms with E-state index in [4.69, 9.17) is 18.0 Å². The molecule has 64 valence electrons. The fourth-order valence-corrected chi connectivity index (χ4v) is 1.28.